The second-order valence-corrected chi connectivity index (χ2v) is 4.32. The third-order valence-electron chi connectivity index (χ3n) is 2.19. The molecule has 17 heavy (non-hydrogen) atoms. The first-order chi connectivity index (χ1) is 8.16. The summed E-state index contributed by atoms with van der Waals surface area (Å²) in [5.74, 6) is -0.763. The summed E-state index contributed by atoms with van der Waals surface area (Å²) in [5.41, 5.74) is 1.01. The molecule has 1 heterocycles. The first-order valence-electron chi connectivity index (χ1n) is 4.94. The molecule has 0 saturated heterocycles. The van der Waals surface area contributed by atoms with Crippen LogP contribution in [0.25, 0.3) is 0 Å². The van der Waals surface area contributed by atoms with E-state index in [-0.39, 0.29) is 5.82 Å². The van der Waals surface area contributed by atoms with E-state index in [0.29, 0.717) is 22.3 Å². The first kappa shape index (κ1) is 12.0. The highest BCUT2D eigenvalue weighted by Gasteiger charge is 2.05. The lowest BCUT2D eigenvalue weighted by Crippen LogP contribution is -2.03. The molecule has 0 atom stereocenters. The van der Waals surface area contributed by atoms with Crippen LogP contribution >= 0.6 is 15.9 Å². The van der Waals surface area contributed by atoms with Gasteiger partial charge in [0.15, 0.2) is 0 Å². The Hall–Kier alpha value is -1.49. The van der Waals surface area contributed by atoms with Crippen LogP contribution in [0.2, 0.25) is 0 Å². The number of benzene rings is 1. The lowest BCUT2D eigenvalue weighted by Gasteiger charge is -2.09. The number of aromatic nitrogens is 1. The van der Waals surface area contributed by atoms with Crippen molar-refractivity contribution in [1.29, 1.82) is 0 Å². The Bertz CT molecular complexity index is 511. The smallest absolute Gasteiger partial charge is 0.147 e. The number of nitrogens with one attached hydrogen (secondary N) is 1. The molecule has 0 radical (unpaired) electrons. The number of halogens is 3. The molecule has 1 aromatic carbocycles. The molecule has 0 spiro atoms. The van der Waals surface area contributed by atoms with Gasteiger partial charge in [0.05, 0.1) is 11.9 Å². The van der Waals surface area contributed by atoms with Gasteiger partial charge >= 0.3 is 0 Å². The summed E-state index contributed by atoms with van der Waals surface area (Å²) in [4.78, 5) is 3.72. The highest BCUT2D eigenvalue weighted by Crippen LogP contribution is 2.25. The van der Waals surface area contributed by atoms with E-state index in [2.05, 4.69) is 26.2 Å². The zero-order valence-electron chi connectivity index (χ0n) is 8.75. The van der Waals surface area contributed by atoms with Crippen LogP contribution in [0.3, 0.4) is 0 Å². The molecule has 0 aliphatic carbocycles. The molecule has 1 N–H and O–H groups in total. The Kier molecular flexibility index (Phi) is 3.68. The maximum atomic E-state index is 13.5. The minimum atomic E-state index is -0.406. The predicted molar refractivity (Wildman–Crippen MR) is 65.6 cm³/mol. The molecule has 0 amide bonds. The molecular formula is C12H9BrF2N2. The highest BCUT2D eigenvalue weighted by molar-refractivity contribution is 9.10. The standard InChI is InChI=1S/C12H9BrF2N2/c13-10-2-1-3-11(15)12(10)17-6-8-4-9(14)7-16-5-8/h1-5,7,17H,6H2. The van der Waals surface area contributed by atoms with Crippen LogP contribution in [0.15, 0.2) is 41.1 Å². The molecule has 0 saturated carbocycles. The van der Waals surface area contributed by atoms with Crippen molar-refractivity contribution in [2.75, 3.05) is 5.32 Å². The van der Waals surface area contributed by atoms with Crippen molar-refractivity contribution in [3.8, 4) is 0 Å². The maximum absolute atomic E-state index is 13.5. The Balaban J connectivity index is 2.13. The first-order valence-corrected chi connectivity index (χ1v) is 5.73. The monoisotopic (exact) mass is 298 g/mol. The minimum absolute atomic E-state index is 0.310. The predicted octanol–water partition coefficient (Wildman–Crippen LogP) is 3.73. The van der Waals surface area contributed by atoms with Crippen molar-refractivity contribution >= 4 is 21.6 Å². The fourth-order valence-corrected chi connectivity index (χ4v) is 1.89. The number of rotatable bonds is 3. The van der Waals surface area contributed by atoms with Gasteiger partial charge in [0.1, 0.15) is 11.6 Å². The van der Waals surface area contributed by atoms with Crippen molar-refractivity contribution in [3.05, 3.63) is 58.3 Å². The molecule has 0 aliphatic heterocycles. The normalized spacial score (nSPS) is 10.3. The summed E-state index contributed by atoms with van der Waals surface area (Å²) in [6.07, 6.45) is 2.66. The van der Waals surface area contributed by atoms with Crippen molar-refractivity contribution in [1.82, 2.24) is 4.98 Å². The van der Waals surface area contributed by atoms with Crippen LogP contribution in [-0.4, -0.2) is 4.98 Å². The van der Waals surface area contributed by atoms with Gasteiger partial charge in [0, 0.05) is 17.2 Å². The topological polar surface area (TPSA) is 24.9 Å². The molecule has 0 fully saturated rings. The molecule has 2 aromatic rings. The Morgan fingerprint density at radius 2 is 2.06 bits per heavy atom. The van der Waals surface area contributed by atoms with Crippen LogP contribution in [0.1, 0.15) is 5.56 Å². The van der Waals surface area contributed by atoms with Crippen molar-refractivity contribution < 1.29 is 8.78 Å². The second-order valence-electron chi connectivity index (χ2n) is 3.46. The van der Waals surface area contributed by atoms with Crippen LogP contribution < -0.4 is 5.32 Å². The third-order valence-corrected chi connectivity index (χ3v) is 2.85. The van der Waals surface area contributed by atoms with E-state index in [1.165, 1.54) is 18.3 Å². The summed E-state index contributed by atoms with van der Waals surface area (Å²) >= 11 is 3.24. The molecule has 88 valence electrons. The van der Waals surface area contributed by atoms with Crippen LogP contribution in [0.4, 0.5) is 14.5 Å². The summed E-state index contributed by atoms with van der Waals surface area (Å²) < 4.78 is 27.0. The lowest BCUT2D eigenvalue weighted by atomic mass is 10.2. The number of anilines is 1. The van der Waals surface area contributed by atoms with Crippen molar-refractivity contribution in [2.24, 2.45) is 0 Å². The Morgan fingerprint density at radius 1 is 1.24 bits per heavy atom. The lowest BCUT2D eigenvalue weighted by molar-refractivity contribution is 0.618. The van der Waals surface area contributed by atoms with Gasteiger partial charge in [-0.2, -0.15) is 0 Å². The average molecular weight is 299 g/mol. The van der Waals surface area contributed by atoms with Gasteiger partial charge in [-0.3, -0.25) is 4.98 Å². The van der Waals surface area contributed by atoms with Gasteiger partial charge in [-0.15, -0.1) is 0 Å². The summed E-state index contributed by atoms with van der Waals surface area (Å²) in [5, 5.41) is 2.90. The third kappa shape index (κ3) is 3.00. The van der Waals surface area contributed by atoms with Gasteiger partial charge in [-0.1, -0.05) is 6.07 Å². The van der Waals surface area contributed by atoms with E-state index >= 15 is 0 Å². The van der Waals surface area contributed by atoms with E-state index in [1.54, 1.807) is 12.1 Å². The highest BCUT2D eigenvalue weighted by atomic mass is 79.9. The molecule has 1 aromatic heterocycles. The minimum Gasteiger partial charge on any atom is -0.378 e. The summed E-state index contributed by atoms with van der Waals surface area (Å²) in [6.45, 7) is 0.310. The fraction of sp³-hybridized carbons (Fsp3) is 0.0833. The van der Waals surface area contributed by atoms with Crippen LogP contribution in [-0.2, 0) is 6.54 Å². The SMILES string of the molecule is Fc1cncc(CNc2c(F)cccc2Br)c1. The van der Waals surface area contributed by atoms with Gasteiger partial charge in [-0.25, -0.2) is 8.78 Å². The molecule has 2 nitrogen and oxygen atoms in total. The molecule has 0 aliphatic rings. The number of hydrogen-bond donors (Lipinski definition) is 1. The van der Waals surface area contributed by atoms with Gasteiger partial charge in [0.2, 0.25) is 0 Å². The molecule has 5 heteroatoms. The Morgan fingerprint density at radius 3 is 2.76 bits per heavy atom. The molecule has 0 unspecified atom stereocenters. The van der Waals surface area contributed by atoms with E-state index in [1.807, 2.05) is 0 Å². The van der Waals surface area contributed by atoms with E-state index in [0.717, 1.165) is 6.20 Å². The largest absolute Gasteiger partial charge is 0.378 e. The summed E-state index contributed by atoms with van der Waals surface area (Å²) in [7, 11) is 0. The fourth-order valence-electron chi connectivity index (χ4n) is 1.41. The van der Waals surface area contributed by atoms with Gasteiger partial charge in [-0.05, 0) is 39.7 Å². The molecule has 2 rings (SSSR count). The van der Waals surface area contributed by atoms with Crippen LogP contribution in [0.5, 0.6) is 0 Å². The van der Waals surface area contributed by atoms with Gasteiger partial charge < -0.3 is 5.32 Å². The van der Waals surface area contributed by atoms with Crippen molar-refractivity contribution in [2.45, 2.75) is 6.54 Å². The number of pyridine rings is 1. The zero-order chi connectivity index (χ0) is 12.3. The van der Waals surface area contributed by atoms with Crippen molar-refractivity contribution in [3.63, 3.8) is 0 Å². The van der Waals surface area contributed by atoms with Gasteiger partial charge in [0.25, 0.3) is 0 Å². The second kappa shape index (κ2) is 5.23. The number of para-hydroxylation sites is 1. The average Bonchev–Trinajstić information content (AvgIpc) is 2.28. The van der Waals surface area contributed by atoms with E-state index < -0.39 is 5.82 Å². The summed E-state index contributed by atoms with van der Waals surface area (Å²) in [6, 6.07) is 6.05. The quantitative estimate of drug-likeness (QED) is 0.934. The molecular weight excluding hydrogens is 290 g/mol. The Labute approximate surface area is 106 Å². The molecule has 0 bridgehead atoms. The van der Waals surface area contributed by atoms with Crippen LogP contribution in [0, 0.1) is 11.6 Å². The van der Waals surface area contributed by atoms with E-state index in [9.17, 15) is 8.78 Å². The number of hydrogen-bond acceptors (Lipinski definition) is 2. The zero-order valence-corrected chi connectivity index (χ0v) is 10.3. The maximum Gasteiger partial charge on any atom is 0.147 e. The van der Waals surface area contributed by atoms with E-state index in [4.69, 9.17) is 0 Å². The number of nitrogens with zero attached hydrogens (tertiary/aromatic N) is 1.